The Hall–Kier alpha value is -2.26. The Morgan fingerprint density at radius 1 is 1.19 bits per heavy atom. The fraction of sp³-hybridized carbons (Fsp3) is 0.500. The summed E-state index contributed by atoms with van der Waals surface area (Å²) in [6, 6.07) is 8.04. The van der Waals surface area contributed by atoms with Crippen LogP contribution in [0.25, 0.3) is 0 Å². The average molecular weight is 446 g/mol. The third-order valence-electron chi connectivity index (χ3n) is 6.11. The number of carbonyl (C=O) groups is 1. The third-order valence-corrected chi connectivity index (χ3v) is 6.36. The number of aryl methyl sites for hydroxylation is 1. The number of carbonyl (C=O) groups excluding carboxylic acids is 1. The van der Waals surface area contributed by atoms with Gasteiger partial charge in [-0.25, -0.2) is 14.8 Å². The first-order chi connectivity index (χ1) is 14.9. The lowest BCUT2D eigenvalue weighted by molar-refractivity contribution is 0.0424. The summed E-state index contributed by atoms with van der Waals surface area (Å²) in [4.78, 5) is 27.3. The van der Waals surface area contributed by atoms with E-state index in [4.69, 9.17) is 16.3 Å². The topological polar surface area (TPSA) is 82.0 Å². The van der Waals surface area contributed by atoms with Crippen LogP contribution >= 0.6 is 11.6 Å². The molecule has 9 heteroatoms. The second-order valence-electron chi connectivity index (χ2n) is 8.14. The number of aliphatic hydroxyl groups is 1. The molecule has 8 nitrogen and oxygen atoms in total. The quantitative estimate of drug-likeness (QED) is 0.695. The number of ether oxygens (including phenoxy) is 1. The predicted octanol–water partition coefficient (Wildman–Crippen LogP) is 1.59. The molecule has 1 aromatic carbocycles. The molecule has 0 aliphatic carbocycles. The van der Waals surface area contributed by atoms with Crippen molar-refractivity contribution >= 4 is 23.5 Å². The van der Waals surface area contributed by atoms with E-state index in [1.807, 2.05) is 17.0 Å². The molecule has 31 heavy (non-hydrogen) atoms. The Morgan fingerprint density at radius 3 is 2.55 bits per heavy atom. The first-order valence-electron chi connectivity index (χ1n) is 10.5. The summed E-state index contributed by atoms with van der Waals surface area (Å²) in [5.74, 6) is 0.0907. The van der Waals surface area contributed by atoms with Crippen molar-refractivity contribution in [2.75, 3.05) is 51.3 Å². The lowest BCUT2D eigenvalue weighted by atomic mass is 10.1. The van der Waals surface area contributed by atoms with Crippen molar-refractivity contribution in [1.82, 2.24) is 19.8 Å². The minimum Gasteiger partial charge on any atom is -0.465 e. The van der Waals surface area contributed by atoms with E-state index in [1.165, 1.54) is 18.9 Å². The number of hydrogen-bond acceptors (Lipinski definition) is 8. The molecule has 2 saturated heterocycles. The average Bonchev–Trinajstić information content (AvgIpc) is 3.17. The maximum Gasteiger partial charge on any atom is 0.341 e. The summed E-state index contributed by atoms with van der Waals surface area (Å²) >= 11 is 5.98. The molecule has 0 saturated carbocycles. The van der Waals surface area contributed by atoms with Crippen LogP contribution in [0.5, 0.6) is 0 Å². The summed E-state index contributed by atoms with van der Waals surface area (Å²) in [7, 11) is 1.34. The molecule has 2 atom stereocenters. The molecule has 0 bridgehead atoms. The molecule has 0 amide bonds. The molecule has 2 aliphatic rings. The lowest BCUT2D eigenvalue weighted by Gasteiger charge is -2.38. The van der Waals surface area contributed by atoms with Crippen molar-refractivity contribution in [2.24, 2.45) is 0 Å². The van der Waals surface area contributed by atoms with Crippen molar-refractivity contribution in [3.8, 4) is 0 Å². The van der Waals surface area contributed by atoms with E-state index in [1.54, 1.807) is 6.92 Å². The predicted molar refractivity (Wildman–Crippen MR) is 118 cm³/mol. The van der Waals surface area contributed by atoms with Crippen LogP contribution in [-0.4, -0.2) is 89.4 Å². The Bertz CT molecular complexity index is 918. The van der Waals surface area contributed by atoms with E-state index < -0.39 is 12.1 Å². The fourth-order valence-electron chi connectivity index (χ4n) is 4.31. The van der Waals surface area contributed by atoms with Gasteiger partial charge in [-0.3, -0.25) is 9.80 Å². The second kappa shape index (κ2) is 9.48. The van der Waals surface area contributed by atoms with Crippen LogP contribution < -0.4 is 4.90 Å². The van der Waals surface area contributed by atoms with Crippen molar-refractivity contribution in [3.05, 3.63) is 52.3 Å². The maximum atomic E-state index is 11.8. The highest BCUT2D eigenvalue weighted by Gasteiger charge is 2.38. The second-order valence-corrected chi connectivity index (χ2v) is 8.58. The van der Waals surface area contributed by atoms with Crippen LogP contribution in [0.4, 0.5) is 5.95 Å². The molecule has 2 aromatic rings. The monoisotopic (exact) mass is 445 g/mol. The zero-order valence-electron chi connectivity index (χ0n) is 17.9. The van der Waals surface area contributed by atoms with Gasteiger partial charge in [0.1, 0.15) is 0 Å². The highest BCUT2D eigenvalue weighted by molar-refractivity contribution is 6.30. The van der Waals surface area contributed by atoms with Gasteiger partial charge in [0, 0.05) is 57.0 Å². The molecule has 0 unspecified atom stereocenters. The van der Waals surface area contributed by atoms with Crippen LogP contribution in [0.2, 0.25) is 5.02 Å². The Labute approximate surface area is 187 Å². The molecule has 1 aromatic heterocycles. The van der Waals surface area contributed by atoms with Crippen LogP contribution in [0.15, 0.2) is 30.5 Å². The van der Waals surface area contributed by atoms with Gasteiger partial charge in [0.25, 0.3) is 0 Å². The number of rotatable bonds is 5. The van der Waals surface area contributed by atoms with E-state index in [-0.39, 0.29) is 6.04 Å². The van der Waals surface area contributed by atoms with Crippen molar-refractivity contribution in [3.63, 3.8) is 0 Å². The van der Waals surface area contributed by atoms with Crippen LogP contribution in [0.3, 0.4) is 0 Å². The van der Waals surface area contributed by atoms with Crippen molar-refractivity contribution in [2.45, 2.75) is 25.6 Å². The molecule has 0 radical (unpaired) electrons. The summed E-state index contributed by atoms with van der Waals surface area (Å²) in [6.07, 6.45) is 1.03. The number of anilines is 1. The number of aromatic nitrogens is 2. The first kappa shape index (κ1) is 22.0. The molecule has 2 aliphatic heterocycles. The molecular formula is C22H28ClN5O3. The summed E-state index contributed by atoms with van der Waals surface area (Å²) in [5.41, 5.74) is 2.19. The van der Waals surface area contributed by atoms with E-state index in [0.717, 1.165) is 37.7 Å². The van der Waals surface area contributed by atoms with Crippen LogP contribution in [-0.2, 0) is 11.3 Å². The number of β-amino-alcohol motifs (C(OH)–C–C–N with tert-alkyl or cyclic N) is 1. The number of methoxy groups -OCH3 is 1. The standard InChI is InChI=1S/C22H28ClN5O3/c1-15-18(21(30)31-2)11-24-22(25-15)28-13-19(20(29)14-28)27-9-7-26(8-10-27)12-16-3-5-17(23)6-4-16/h3-6,11,19-20,29H,7-10,12-14H2,1-2H3/t19-,20-/m1/s1. The van der Waals surface area contributed by atoms with E-state index in [0.29, 0.717) is 30.3 Å². The maximum absolute atomic E-state index is 11.8. The molecule has 4 rings (SSSR count). The summed E-state index contributed by atoms with van der Waals surface area (Å²) in [6.45, 7) is 7.53. The number of halogens is 1. The molecule has 1 N–H and O–H groups in total. The van der Waals surface area contributed by atoms with E-state index in [9.17, 15) is 9.90 Å². The Kier molecular flexibility index (Phi) is 6.71. The van der Waals surface area contributed by atoms with E-state index in [2.05, 4.69) is 31.9 Å². The van der Waals surface area contributed by atoms with Gasteiger partial charge in [-0.1, -0.05) is 23.7 Å². The summed E-state index contributed by atoms with van der Waals surface area (Å²) in [5, 5.41) is 11.5. The zero-order chi connectivity index (χ0) is 22.0. The van der Waals surface area contributed by atoms with E-state index >= 15 is 0 Å². The molecule has 166 valence electrons. The number of piperazine rings is 1. The highest BCUT2D eigenvalue weighted by Crippen LogP contribution is 2.23. The Balaban J connectivity index is 1.34. The first-order valence-corrected chi connectivity index (χ1v) is 10.9. The number of hydrogen-bond donors (Lipinski definition) is 1. The number of nitrogens with zero attached hydrogens (tertiary/aromatic N) is 5. The molecule has 3 heterocycles. The van der Waals surface area contributed by atoms with Gasteiger partial charge in [0.2, 0.25) is 5.95 Å². The van der Waals surface area contributed by atoms with Gasteiger partial charge in [0.05, 0.1) is 30.5 Å². The normalized spacial score (nSPS) is 22.6. The Morgan fingerprint density at radius 2 is 1.90 bits per heavy atom. The van der Waals surface area contributed by atoms with Crippen LogP contribution in [0.1, 0.15) is 21.6 Å². The SMILES string of the molecule is COC(=O)c1cnc(N2C[C@@H](O)[C@H](N3CCN(Cc4ccc(Cl)cc4)CC3)C2)nc1C. The van der Waals surface area contributed by atoms with Crippen LogP contribution in [0, 0.1) is 6.92 Å². The van der Waals surface area contributed by atoms with Gasteiger partial charge < -0.3 is 14.7 Å². The van der Waals surface area contributed by atoms with Gasteiger partial charge in [0.15, 0.2) is 0 Å². The number of benzene rings is 1. The highest BCUT2D eigenvalue weighted by atomic mass is 35.5. The molecular weight excluding hydrogens is 418 g/mol. The number of esters is 1. The van der Waals surface area contributed by atoms with Crippen molar-refractivity contribution < 1.29 is 14.6 Å². The minimum atomic E-state index is -0.466. The van der Waals surface area contributed by atoms with Gasteiger partial charge >= 0.3 is 5.97 Å². The molecule has 2 fully saturated rings. The third kappa shape index (κ3) is 4.98. The zero-order valence-corrected chi connectivity index (χ0v) is 18.6. The van der Waals surface area contributed by atoms with Gasteiger partial charge in [-0.2, -0.15) is 0 Å². The van der Waals surface area contributed by atoms with Crippen molar-refractivity contribution in [1.29, 1.82) is 0 Å². The number of aliphatic hydroxyl groups excluding tert-OH is 1. The minimum absolute atomic E-state index is 0.0434. The van der Waals surface area contributed by atoms with Gasteiger partial charge in [-0.05, 0) is 24.6 Å². The molecule has 0 spiro atoms. The fourth-order valence-corrected chi connectivity index (χ4v) is 4.44. The smallest absolute Gasteiger partial charge is 0.341 e. The summed E-state index contributed by atoms with van der Waals surface area (Å²) < 4.78 is 4.76. The largest absolute Gasteiger partial charge is 0.465 e. The lowest BCUT2D eigenvalue weighted by Crippen LogP contribution is -2.53. The van der Waals surface area contributed by atoms with Gasteiger partial charge in [-0.15, -0.1) is 0 Å².